The smallest absolute Gasteiger partial charge is 0.290 e. The lowest BCUT2D eigenvalue weighted by Crippen LogP contribution is -2.38. The van der Waals surface area contributed by atoms with Crippen LogP contribution in [0.15, 0.2) is 52.1 Å². The van der Waals surface area contributed by atoms with Gasteiger partial charge in [0, 0.05) is 25.8 Å². The van der Waals surface area contributed by atoms with Gasteiger partial charge in [-0.1, -0.05) is 0 Å². The van der Waals surface area contributed by atoms with Gasteiger partial charge in [-0.3, -0.25) is 14.9 Å². The average Bonchev–Trinajstić information content (AvgIpc) is 3.51. The van der Waals surface area contributed by atoms with E-state index in [1.54, 1.807) is 42.8 Å². The van der Waals surface area contributed by atoms with Crippen LogP contribution in [0.3, 0.4) is 0 Å². The van der Waals surface area contributed by atoms with E-state index in [2.05, 4.69) is 30.5 Å². The highest BCUT2D eigenvalue weighted by atomic mass is 32.2. The number of anilines is 1. The van der Waals surface area contributed by atoms with Crippen molar-refractivity contribution in [3.63, 3.8) is 0 Å². The number of piperidine rings is 1. The largest absolute Gasteiger partial charge is 0.463 e. The van der Waals surface area contributed by atoms with E-state index in [0.717, 1.165) is 44.2 Å². The van der Waals surface area contributed by atoms with E-state index in [9.17, 15) is 14.0 Å². The summed E-state index contributed by atoms with van der Waals surface area (Å²) in [6.45, 7) is 2.68. The highest BCUT2D eigenvalue weighted by Crippen LogP contribution is 2.26. The van der Waals surface area contributed by atoms with Gasteiger partial charge in [-0.2, -0.15) is 0 Å². The number of amides is 2. The fourth-order valence-corrected chi connectivity index (χ4v) is 4.72. The van der Waals surface area contributed by atoms with Gasteiger partial charge in [-0.25, -0.2) is 19.3 Å². The molecule has 9 nitrogen and oxygen atoms in total. The highest BCUT2D eigenvalue weighted by molar-refractivity contribution is 8.18. The number of rotatable bonds is 7. The number of nitrogens with one attached hydrogen (secondary N) is 2. The van der Waals surface area contributed by atoms with Gasteiger partial charge in [0.1, 0.15) is 11.5 Å². The van der Waals surface area contributed by atoms with Crippen molar-refractivity contribution in [2.45, 2.75) is 19.4 Å². The molecule has 0 spiro atoms. The fourth-order valence-electron chi connectivity index (χ4n) is 4.05. The molecule has 5 heterocycles. The summed E-state index contributed by atoms with van der Waals surface area (Å²) in [4.78, 5) is 38.9. The average molecular weight is 495 g/mol. The lowest BCUT2D eigenvalue weighted by atomic mass is 9.97. The van der Waals surface area contributed by atoms with Crippen molar-refractivity contribution >= 4 is 34.9 Å². The molecular formula is C24H23FN6O3S. The predicted octanol–water partition coefficient (Wildman–Crippen LogP) is 3.60. The number of thioether (sulfide) groups is 1. The van der Waals surface area contributed by atoms with Gasteiger partial charge in [0.05, 0.1) is 22.6 Å². The number of carbonyl (C=O) groups is 2. The predicted molar refractivity (Wildman–Crippen MR) is 130 cm³/mol. The number of furan rings is 1. The summed E-state index contributed by atoms with van der Waals surface area (Å²) in [5, 5.41) is 5.20. The first-order chi connectivity index (χ1) is 17.0. The minimum absolute atomic E-state index is 0.324. The van der Waals surface area contributed by atoms with E-state index in [1.807, 2.05) is 0 Å². The second-order valence-corrected chi connectivity index (χ2v) is 9.31. The summed E-state index contributed by atoms with van der Waals surface area (Å²) in [6.07, 6.45) is 6.70. The highest BCUT2D eigenvalue weighted by Gasteiger charge is 2.26. The van der Waals surface area contributed by atoms with Gasteiger partial charge >= 0.3 is 0 Å². The summed E-state index contributed by atoms with van der Waals surface area (Å²) < 4.78 is 19.6. The number of hydrogen-bond acceptors (Lipinski definition) is 9. The van der Waals surface area contributed by atoms with Gasteiger partial charge in [-0.05, 0) is 73.5 Å². The van der Waals surface area contributed by atoms with Crippen molar-refractivity contribution in [3.05, 3.63) is 64.9 Å². The maximum atomic E-state index is 14.2. The van der Waals surface area contributed by atoms with Crippen molar-refractivity contribution in [3.8, 4) is 11.5 Å². The Labute approximate surface area is 205 Å². The zero-order chi connectivity index (χ0) is 24.2. The third kappa shape index (κ3) is 5.57. The van der Waals surface area contributed by atoms with Gasteiger partial charge in [0.25, 0.3) is 11.1 Å². The molecule has 0 unspecified atom stereocenters. The normalized spacial score (nSPS) is 17.9. The first-order valence-corrected chi connectivity index (χ1v) is 12.1. The summed E-state index contributed by atoms with van der Waals surface area (Å²) in [5.41, 5.74) is 1.56. The second kappa shape index (κ2) is 10.4. The van der Waals surface area contributed by atoms with Crippen LogP contribution in [0.1, 0.15) is 24.2 Å². The van der Waals surface area contributed by atoms with Gasteiger partial charge in [-0.15, -0.1) is 0 Å². The van der Waals surface area contributed by atoms with Crippen LogP contribution in [0.25, 0.3) is 17.5 Å². The quantitative estimate of drug-likeness (QED) is 0.476. The van der Waals surface area contributed by atoms with Gasteiger partial charge in [0.15, 0.2) is 5.76 Å². The number of imide groups is 1. The van der Waals surface area contributed by atoms with Crippen molar-refractivity contribution in [2.75, 3.05) is 24.5 Å². The topological polar surface area (TPSA) is 113 Å². The standard InChI is InChI=1S/C24H23FN6O3S/c25-17-3-4-18(20-2-1-11-34-20)29-19(17)14-26-13-15-6-9-31(10-7-15)23-27-8-5-16(28-23)12-21-22(32)30-24(33)35-21/h1-5,8,11-12,15,26H,6-7,9-10,13-14H2,(H,30,32,33)/b21-12+. The maximum Gasteiger partial charge on any atom is 0.290 e. The van der Waals surface area contributed by atoms with Crippen LogP contribution in [-0.2, 0) is 11.3 Å². The van der Waals surface area contributed by atoms with E-state index in [1.165, 1.54) is 6.07 Å². The summed E-state index contributed by atoms with van der Waals surface area (Å²) in [7, 11) is 0. The Morgan fingerprint density at radius 3 is 2.80 bits per heavy atom. The molecule has 0 aliphatic carbocycles. The zero-order valence-electron chi connectivity index (χ0n) is 18.7. The second-order valence-electron chi connectivity index (χ2n) is 8.30. The molecular weight excluding hydrogens is 471 g/mol. The monoisotopic (exact) mass is 494 g/mol. The molecule has 2 aliphatic rings. The molecule has 180 valence electrons. The van der Waals surface area contributed by atoms with Crippen molar-refractivity contribution in [1.82, 2.24) is 25.6 Å². The van der Waals surface area contributed by atoms with E-state index in [4.69, 9.17) is 4.42 Å². The molecule has 2 fully saturated rings. The van der Waals surface area contributed by atoms with Gasteiger partial charge < -0.3 is 14.6 Å². The minimum atomic E-state index is -0.406. The Hall–Kier alpha value is -3.57. The molecule has 35 heavy (non-hydrogen) atoms. The van der Waals surface area contributed by atoms with Crippen molar-refractivity contribution in [2.24, 2.45) is 5.92 Å². The Bertz CT molecular complexity index is 1260. The van der Waals surface area contributed by atoms with E-state index in [-0.39, 0.29) is 11.1 Å². The number of nitrogens with zero attached hydrogens (tertiary/aromatic N) is 4. The number of carbonyl (C=O) groups excluding carboxylic acids is 2. The fraction of sp³-hybridized carbons (Fsp3) is 0.292. The van der Waals surface area contributed by atoms with Gasteiger partial charge in [0.2, 0.25) is 5.95 Å². The summed E-state index contributed by atoms with van der Waals surface area (Å²) in [5.74, 6) is 0.905. The van der Waals surface area contributed by atoms with Crippen molar-refractivity contribution < 1.29 is 18.4 Å². The molecule has 5 rings (SSSR count). The SMILES string of the molecule is O=C1NC(=O)/C(=C\c2ccnc(N3CCC(CNCc4nc(-c5ccco5)ccc4F)CC3)n2)S1. The molecule has 3 aromatic rings. The third-order valence-electron chi connectivity index (χ3n) is 5.90. The van der Waals surface area contributed by atoms with Crippen molar-refractivity contribution in [1.29, 1.82) is 0 Å². The Morgan fingerprint density at radius 2 is 2.06 bits per heavy atom. The molecule has 0 radical (unpaired) electrons. The minimum Gasteiger partial charge on any atom is -0.463 e. The van der Waals surface area contributed by atoms with Crippen LogP contribution in [0, 0.1) is 11.7 Å². The molecule has 2 amide bonds. The molecule has 0 aromatic carbocycles. The molecule has 0 bridgehead atoms. The Morgan fingerprint density at radius 1 is 1.20 bits per heavy atom. The number of halogens is 1. The third-order valence-corrected chi connectivity index (χ3v) is 6.71. The van der Waals surface area contributed by atoms with Crippen LogP contribution in [0.2, 0.25) is 0 Å². The van der Waals surface area contributed by atoms with Crippen LogP contribution in [0.5, 0.6) is 0 Å². The molecule has 2 N–H and O–H groups in total. The lowest BCUT2D eigenvalue weighted by molar-refractivity contribution is -0.115. The summed E-state index contributed by atoms with van der Waals surface area (Å²) in [6, 6.07) is 8.31. The molecule has 0 atom stereocenters. The van der Waals surface area contributed by atoms with E-state index in [0.29, 0.717) is 46.2 Å². The Kier molecular flexibility index (Phi) is 6.87. The first kappa shape index (κ1) is 23.2. The van der Waals surface area contributed by atoms with E-state index < -0.39 is 5.91 Å². The molecule has 3 aromatic heterocycles. The summed E-state index contributed by atoms with van der Waals surface area (Å²) >= 11 is 0.865. The first-order valence-electron chi connectivity index (χ1n) is 11.3. The van der Waals surface area contributed by atoms with Crippen LogP contribution in [0.4, 0.5) is 15.1 Å². The molecule has 0 saturated carbocycles. The van der Waals surface area contributed by atoms with Crippen LogP contribution in [-0.4, -0.2) is 45.7 Å². The molecule has 2 aliphatic heterocycles. The lowest BCUT2D eigenvalue weighted by Gasteiger charge is -2.32. The Balaban J connectivity index is 1.13. The molecule has 11 heteroatoms. The zero-order valence-corrected chi connectivity index (χ0v) is 19.6. The number of pyridine rings is 1. The number of hydrogen-bond donors (Lipinski definition) is 2. The number of aromatic nitrogens is 3. The molecule has 2 saturated heterocycles. The van der Waals surface area contributed by atoms with E-state index >= 15 is 0 Å². The van der Waals surface area contributed by atoms with Crippen LogP contribution < -0.4 is 15.5 Å². The van der Waals surface area contributed by atoms with Crippen LogP contribution >= 0.6 is 11.8 Å². The maximum absolute atomic E-state index is 14.2.